The van der Waals surface area contributed by atoms with Gasteiger partial charge in [0.15, 0.2) is 0 Å². The van der Waals surface area contributed by atoms with E-state index < -0.39 is 6.04 Å². The summed E-state index contributed by atoms with van der Waals surface area (Å²) in [5.74, 6) is -0.534. The monoisotopic (exact) mass is 426 g/mol. The predicted molar refractivity (Wildman–Crippen MR) is 123 cm³/mol. The summed E-state index contributed by atoms with van der Waals surface area (Å²) in [5, 5.41) is 3.00. The van der Waals surface area contributed by atoms with Crippen molar-refractivity contribution in [2.75, 3.05) is 0 Å². The van der Waals surface area contributed by atoms with Crippen LogP contribution in [-0.2, 0) is 29.0 Å². The molecule has 0 saturated carbocycles. The van der Waals surface area contributed by atoms with Crippen LogP contribution in [0.3, 0.4) is 0 Å². The van der Waals surface area contributed by atoms with Crippen molar-refractivity contribution < 1.29 is 14.0 Å². The summed E-state index contributed by atoms with van der Waals surface area (Å²) in [4.78, 5) is 27.8. The Morgan fingerprint density at radius 2 is 1.48 bits per heavy atom. The van der Waals surface area contributed by atoms with Crippen LogP contribution in [0.15, 0.2) is 48.5 Å². The zero-order chi connectivity index (χ0) is 22.8. The molecule has 5 heteroatoms. The van der Waals surface area contributed by atoms with Gasteiger partial charge in [-0.3, -0.25) is 9.59 Å². The second-order valence-corrected chi connectivity index (χ2v) is 8.06. The molecule has 4 nitrogen and oxygen atoms in total. The van der Waals surface area contributed by atoms with Crippen molar-refractivity contribution >= 4 is 11.8 Å². The Bertz CT molecular complexity index is 833. The molecule has 0 spiro atoms. The molecular formula is C26H35FN2O2. The summed E-state index contributed by atoms with van der Waals surface area (Å²) in [6.07, 6.45) is 3.25. The molecule has 0 bridgehead atoms. The van der Waals surface area contributed by atoms with Gasteiger partial charge in [0.25, 0.3) is 0 Å². The molecule has 0 radical (unpaired) electrons. The highest BCUT2D eigenvalue weighted by Gasteiger charge is 2.29. The molecule has 31 heavy (non-hydrogen) atoms. The Morgan fingerprint density at radius 1 is 0.903 bits per heavy atom. The van der Waals surface area contributed by atoms with Crippen LogP contribution < -0.4 is 5.32 Å². The van der Waals surface area contributed by atoms with E-state index in [4.69, 9.17) is 0 Å². The second kappa shape index (κ2) is 12.2. The topological polar surface area (TPSA) is 49.4 Å². The first kappa shape index (κ1) is 24.6. The molecule has 0 fully saturated rings. The molecule has 0 aliphatic rings. The van der Waals surface area contributed by atoms with Crippen molar-refractivity contribution in [3.05, 3.63) is 71.0 Å². The Balaban J connectivity index is 2.18. The Morgan fingerprint density at radius 3 is 2.03 bits per heavy atom. The van der Waals surface area contributed by atoms with Crippen LogP contribution in [0.25, 0.3) is 0 Å². The van der Waals surface area contributed by atoms with Gasteiger partial charge in [0.1, 0.15) is 11.9 Å². The van der Waals surface area contributed by atoms with E-state index in [1.54, 1.807) is 17.0 Å². The van der Waals surface area contributed by atoms with Crippen LogP contribution in [0.1, 0.15) is 63.6 Å². The van der Waals surface area contributed by atoms with Crippen molar-refractivity contribution in [1.29, 1.82) is 0 Å². The van der Waals surface area contributed by atoms with Gasteiger partial charge in [-0.2, -0.15) is 0 Å². The quantitative estimate of drug-likeness (QED) is 0.547. The number of hydrogen-bond donors (Lipinski definition) is 1. The summed E-state index contributed by atoms with van der Waals surface area (Å²) in [7, 11) is 0. The van der Waals surface area contributed by atoms with Crippen LogP contribution in [0, 0.1) is 5.82 Å². The molecule has 0 aliphatic carbocycles. The van der Waals surface area contributed by atoms with Crippen LogP contribution >= 0.6 is 0 Å². The number of amides is 2. The van der Waals surface area contributed by atoms with E-state index in [9.17, 15) is 14.0 Å². The van der Waals surface area contributed by atoms with E-state index >= 15 is 0 Å². The molecule has 2 unspecified atom stereocenters. The highest BCUT2D eigenvalue weighted by Crippen LogP contribution is 2.16. The average Bonchev–Trinajstić information content (AvgIpc) is 2.78. The number of hydrogen-bond acceptors (Lipinski definition) is 2. The maximum absolute atomic E-state index is 13.3. The van der Waals surface area contributed by atoms with Crippen LogP contribution in [-0.4, -0.2) is 28.8 Å². The minimum Gasteiger partial charge on any atom is -0.352 e. The molecular weight excluding hydrogens is 391 g/mol. The van der Waals surface area contributed by atoms with Gasteiger partial charge in [0.05, 0.1) is 0 Å². The fraction of sp³-hybridized carbons (Fsp3) is 0.462. The van der Waals surface area contributed by atoms with Crippen molar-refractivity contribution in [2.24, 2.45) is 0 Å². The molecule has 0 heterocycles. The van der Waals surface area contributed by atoms with Gasteiger partial charge in [0, 0.05) is 19.0 Å². The molecule has 2 atom stereocenters. The summed E-state index contributed by atoms with van der Waals surface area (Å²) in [6, 6.07) is 13.9. The number of halogens is 1. The van der Waals surface area contributed by atoms with Gasteiger partial charge in [-0.1, -0.05) is 57.2 Å². The lowest BCUT2D eigenvalue weighted by atomic mass is 10.0. The number of nitrogens with zero attached hydrogens (tertiary/aromatic N) is 1. The SMILES string of the molecule is CCc1ccc(CCC(=O)N(Cc2ccc(F)cc2)C(CC)C(=O)NC(C)CC)cc1. The lowest BCUT2D eigenvalue weighted by Gasteiger charge is -2.31. The normalized spacial score (nSPS) is 12.8. The first-order valence-electron chi connectivity index (χ1n) is 11.3. The lowest BCUT2D eigenvalue weighted by molar-refractivity contribution is -0.141. The molecule has 0 aliphatic heterocycles. The van der Waals surface area contributed by atoms with Gasteiger partial charge in [0.2, 0.25) is 11.8 Å². The van der Waals surface area contributed by atoms with Gasteiger partial charge in [-0.05, 0) is 61.4 Å². The first-order chi connectivity index (χ1) is 14.9. The molecule has 0 saturated heterocycles. The summed E-state index contributed by atoms with van der Waals surface area (Å²) < 4.78 is 13.3. The minimum absolute atomic E-state index is 0.0430. The van der Waals surface area contributed by atoms with Crippen LogP contribution in [0.5, 0.6) is 0 Å². The third-order valence-corrected chi connectivity index (χ3v) is 5.71. The van der Waals surface area contributed by atoms with Crippen molar-refractivity contribution in [1.82, 2.24) is 10.2 Å². The van der Waals surface area contributed by atoms with E-state index in [-0.39, 0.29) is 30.2 Å². The van der Waals surface area contributed by atoms with E-state index in [0.717, 1.165) is 24.0 Å². The average molecular weight is 427 g/mol. The minimum atomic E-state index is -0.561. The summed E-state index contributed by atoms with van der Waals surface area (Å²) in [6.45, 7) is 8.27. The Hall–Kier alpha value is -2.69. The van der Waals surface area contributed by atoms with Crippen molar-refractivity contribution in [3.8, 4) is 0 Å². The second-order valence-electron chi connectivity index (χ2n) is 8.06. The highest BCUT2D eigenvalue weighted by molar-refractivity contribution is 5.87. The number of aryl methyl sites for hydroxylation is 2. The molecule has 2 amide bonds. The third-order valence-electron chi connectivity index (χ3n) is 5.71. The molecule has 1 N–H and O–H groups in total. The highest BCUT2D eigenvalue weighted by atomic mass is 19.1. The predicted octanol–water partition coefficient (Wildman–Crippen LogP) is 5.04. The lowest BCUT2D eigenvalue weighted by Crippen LogP contribution is -2.50. The molecule has 2 aromatic rings. The molecule has 0 aromatic heterocycles. The van der Waals surface area contributed by atoms with E-state index in [2.05, 4.69) is 36.5 Å². The maximum Gasteiger partial charge on any atom is 0.243 e. The Labute approximate surface area is 185 Å². The standard InChI is InChI=1S/C26H35FN2O2/c1-5-19(4)28-26(31)24(7-3)29(18-22-12-15-23(27)16-13-22)25(30)17-14-21-10-8-20(6-2)9-11-21/h8-13,15-16,19,24H,5-7,14,17-18H2,1-4H3,(H,28,31). The zero-order valence-corrected chi connectivity index (χ0v) is 19.2. The number of rotatable bonds is 11. The van der Waals surface area contributed by atoms with E-state index in [1.807, 2.05) is 20.8 Å². The molecule has 2 aromatic carbocycles. The maximum atomic E-state index is 13.3. The fourth-order valence-corrected chi connectivity index (χ4v) is 3.48. The van der Waals surface area contributed by atoms with Gasteiger partial charge >= 0.3 is 0 Å². The van der Waals surface area contributed by atoms with E-state index in [1.165, 1.54) is 17.7 Å². The van der Waals surface area contributed by atoms with Crippen molar-refractivity contribution in [3.63, 3.8) is 0 Å². The molecule has 168 valence electrons. The number of nitrogens with one attached hydrogen (secondary N) is 1. The number of carbonyl (C=O) groups excluding carboxylic acids is 2. The largest absolute Gasteiger partial charge is 0.352 e. The summed E-state index contributed by atoms with van der Waals surface area (Å²) >= 11 is 0. The van der Waals surface area contributed by atoms with Gasteiger partial charge in [-0.15, -0.1) is 0 Å². The van der Waals surface area contributed by atoms with E-state index in [0.29, 0.717) is 19.3 Å². The number of carbonyl (C=O) groups is 2. The first-order valence-corrected chi connectivity index (χ1v) is 11.3. The van der Waals surface area contributed by atoms with Gasteiger partial charge < -0.3 is 10.2 Å². The Kier molecular flexibility index (Phi) is 9.70. The third kappa shape index (κ3) is 7.50. The van der Waals surface area contributed by atoms with Crippen molar-refractivity contribution in [2.45, 2.75) is 78.4 Å². The number of benzene rings is 2. The van der Waals surface area contributed by atoms with Crippen LogP contribution in [0.2, 0.25) is 0 Å². The summed E-state index contributed by atoms with van der Waals surface area (Å²) in [5.41, 5.74) is 3.17. The fourth-order valence-electron chi connectivity index (χ4n) is 3.48. The van der Waals surface area contributed by atoms with Gasteiger partial charge in [-0.25, -0.2) is 4.39 Å². The molecule has 2 rings (SSSR count). The smallest absolute Gasteiger partial charge is 0.243 e. The van der Waals surface area contributed by atoms with Crippen LogP contribution in [0.4, 0.5) is 4.39 Å². The zero-order valence-electron chi connectivity index (χ0n) is 19.2.